The lowest BCUT2D eigenvalue weighted by atomic mass is 10.2. The van der Waals surface area contributed by atoms with Crippen LogP contribution >= 0.6 is 0 Å². The Morgan fingerprint density at radius 3 is 1.50 bits per heavy atom. The summed E-state index contributed by atoms with van der Waals surface area (Å²) in [6.45, 7) is 2.00. The molecule has 0 aliphatic carbocycles. The van der Waals surface area contributed by atoms with Crippen molar-refractivity contribution < 1.29 is 4.79 Å². The maximum Gasteiger partial charge on any atom is 0.106 e. The molecule has 4 rings (SSSR count). The van der Waals surface area contributed by atoms with Gasteiger partial charge < -0.3 is 16.3 Å². The Morgan fingerprint density at radius 2 is 1.08 bits per heavy atom. The number of anilines is 2. The summed E-state index contributed by atoms with van der Waals surface area (Å²) in [6, 6.07) is 19.3. The molecule has 4 N–H and O–H groups in total. The van der Waals surface area contributed by atoms with Crippen LogP contribution < -0.4 is 11.5 Å². The molecule has 0 bridgehead atoms. The number of carbonyl (C=O) groups is 1. The number of nitrogens with two attached hydrogens (primary N) is 2. The molecule has 5 heteroatoms. The highest BCUT2D eigenvalue weighted by molar-refractivity contribution is 5.82. The largest absolute Gasteiger partial charge is 0.399 e. The van der Waals surface area contributed by atoms with Crippen molar-refractivity contribution in [1.29, 1.82) is 0 Å². The van der Waals surface area contributed by atoms with Gasteiger partial charge in [0.25, 0.3) is 0 Å². The lowest BCUT2D eigenvalue weighted by molar-refractivity contribution is -0.0979. The van der Waals surface area contributed by atoms with Gasteiger partial charge in [0.05, 0.1) is 11.0 Å². The van der Waals surface area contributed by atoms with Crippen molar-refractivity contribution in [2.45, 2.75) is 0 Å². The Morgan fingerprint density at radius 1 is 0.667 bits per heavy atom. The number of hydrogen-bond acceptors (Lipinski definition) is 5. The van der Waals surface area contributed by atoms with Crippen molar-refractivity contribution >= 4 is 40.0 Å². The number of rotatable bonds is 0. The van der Waals surface area contributed by atoms with Crippen molar-refractivity contribution in [3.63, 3.8) is 0 Å². The summed E-state index contributed by atoms with van der Waals surface area (Å²) in [5, 5.41) is 2.25. The maximum atomic E-state index is 8.00. The molecular formula is C19H18N4O. The molecule has 24 heavy (non-hydrogen) atoms. The van der Waals surface area contributed by atoms with Gasteiger partial charge in [0.15, 0.2) is 0 Å². The molecule has 0 radical (unpaired) electrons. The first kappa shape index (κ1) is 16.9. The molecule has 0 saturated carbocycles. The molecule has 2 aromatic heterocycles. The van der Waals surface area contributed by atoms with Gasteiger partial charge in [0.1, 0.15) is 6.79 Å². The summed E-state index contributed by atoms with van der Waals surface area (Å²) in [4.78, 5) is 16.3. The molecule has 2 aromatic carbocycles. The second-order valence-corrected chi connectivity index (χ2v) is 4.91. The van der Waals surface area contributed by atoms with Crippen molar-refractivity contribution in [2.75, 3.05) is 11.5 Å². The first-order chi connectivity index (χ1) is 11.7. The van der Waals surface area contributed by atoms with E-state index in [0.29, 0.717) is 0 Å². The van der Waals surface area contributed by atoms with Crippen LogP contribution in [0.2, 0.25) is 0 Å². The molecule has 0 spiro atoms. The highest BCUT2D eigenvalue weighted by Gasteiger charge is 1.92. The second-order valence-electron chi connectivity index (χ2n) is 4.91. The van der Waals surface area contributed by atoms with E-state index in [2.05, 4.69) is 9.97 Å². The minimum absolute atomic E-state index is 0.760. The number of nitrogen functional groups attached to an aromatic ring is 2. The highest BCUT2D eigenvalue weighted by atomic mass is 16.1. The predicted octanol–water partition coefficient (Wildman–Crippen LogP) is 3.45. The number of fused-ring (bicyclic) bond motifs is 2. The number of benzene rings is 2. The zero-order valence-corrected chi connectivity index (χ0v) is 13.1. The molecule has 0 amide bonds. The summed E-state index contributed by atoms with van der Waals surface area (Å²) in [5.74, 6) is 0. The Hall–Kier alpha value is -3.47. The van der Waals surface area contributed by atoms with E-state index < -0.39 is 0 Å². The SMILES string of the molecule is C=O.Nc1ccc2cccnc2c1.Nc1ccc2cccnc2c1. The minimum Gasteiger partial charge on any atom is -0.399 e. The Bertz CT molecular complexity index is 863. The summed E-state index contributed by atoms with van der Waals surface area (Å²) >= 11 is 0. The summed E-state index contributed by atoms with van der Waals surface area (Å²) in [7, 11) is 0. The van der Waals surface area contributed by atoms with Crippen LogP contribution in [-0.4, -0.2) is 16.8 Å². The molecule has 0 unspecified atom stereocenters. The van der Waals surface area contributed by atoms with Crippen molar-refractivity contribution in [1.82, 2.24) is 9.97 Å². The molecule has 0 aliphatic rings. The van der Waals surface area contributed by atoms with Gasteiger partial charge in [-0.25, -0.2) is 0 Å². The van der Waals surface area contributed by atoms with Crippen molar-refractivity contribution in [3.05, 3.63) is 73.1 Å². The molecule has 4 aromatic rings. The minimum atomic E-state index is 0.760. The van der Waals surface area contributed by atoms with E-state index in [-0.39, 0.29) is 0 Å². The van der Waals surface area contributed by atoms with Gasteiger partial charge in [-0.3, -0.25) is 9.97 Å². The molecule has 0 aliphatic heterocycles. The third kappa shape index (κ3) is 4.27. The van der Waals surface area contributed by atoms with Crippen LogP contribution in [0.1, 0.15) is 0 Å². The van der Waals surface area contributed by atoms with Crippen LogP contribution in [-0.2, 0) is 4.79 Å². The fraction of sp³-hybridized carbons (Fsp3) is 0. The van der Waals surface area contributed by atoms with Gasteiger partial charge in [0.2, 0.25) is 0 Å². The van der Waals surface area contributed by atoms with E-state index in [9.17, 15) is 0 Å². The van der Waals surface area contributed by atoms with Gasteiger partial charge in [-0.05, 0) is 36.4 Å². The zero-order valence-electron chi connectivity index (χ0n) is 13.1. The molecule has 0 fully saturated rings. The normalized spacial score (nSPS) is 9.50. The number of aromatic nitrogens is 2. The lowest BCUT2D eigenvalue weighted by Gasteiger charge is -1.95. The Balaban J connectivity index is 0.000000158. The Kier molecular flexibility index (Phi) is 5.80. The van der Waals surface area contributed by atoms with Gasteiger partial charge in [-0.2, -0.15) is 0 Å². The van der Waals surface area contributed by atoms with Crippen LogP contribution in [0, 0.1) is 0 Å². The first-order valence-corrected chi connectivity index (χ1v) is 7.22. The van der Waals surface area contributed by atoms with Gasteiger partial charge in [0, 0.05) is 34.5 Å². The summed E-state index contributed by atoms with van der Waals surface area (Å²) in [6.07, 6.45) is 3.53. The topological polar surface area (TPSA) is 94.9 Å². The van der Waals surface area contributed by atoms with Crippen molar-refractivity contribution in [2.24, 2.45) is 0 Å². The lowest BCUT2D eigenvalue weighted by Crippen LogP contribution is -1.84. The average molecular weight is 318 g/mol. The van der Waals surface area contributed by atoms with E-state index in [4.69, 9.17) is 16.3 Å². The fourth-order valence-electron chi connectivity index (χ4n) is 2.17. The quantitative estimate of drug-likeness (QED) is 0.484. The van der Waals surface area contributed by atoms with Crippen LogP contribution in [0.25, 0.3) is 21.8 Å². The standard InChI is InChI=1S/2C9H8N2.CH2O/c2*10-8-4-3-7-2-1-5-11-9(7)6-8;1-2/h2*1-6H,10H2;1H2. The second kappa shape index (κ2) is 8.24. The highest BCUT2D eigenvalue weighted by Crippen LogP contribution is 2.14. The van der Waals surface area contributed by atoms with E-state index in [1.165, 1.54) is 0 Å². The molecule has 0 saturated heterocycles. The third-order valence-corrected chi connectivity index (χ3v) is 3.26. The van der Waals surface area contributed by atoms with E-state index in [0.717, 1.165) is 33.2 Å². The van der Waals surface area contributed by atoms with E-state index >= 15 is 0 Å². The summed E-state index contributed by atoms with van der Waals surface area (Å²) < 4.78 is 0. The van der Waals surface area contributed by atoms with Crippen LogP contribution in [0.4, 0.5) is 11.4 Å². The monoisotopic (exact) mass is 318 g/mol. The predicted molar refractivity (Wildman–Crippen MR) is 99.4 cm³/mol. The molecule has 120 valence electrons. The maximum absolute atomic E-state index is 8.00. The Labute approximate surface area is 140 Å². The van der Waals surface area contributed by atoms with Crippen molar-refractivity contribution in [3.8, 4) is 0 Å². The van der Waals surface area contributed by atoms with E-state index in [1.54, 1.807) is 12.4 Å². The number of pyridine rings is 2. The average Bonchev–Trinajstić information content (AvgIpc) is 2.64. The van der Waals surface area contributed by atoms with Crippen LogP contribution in [0.15, 0.2) is 73.1 Å². The first-order valence-electron chi connectivity index (χ1n) is 7.22. The van der Waals surface area contributed by atoms with Gasteiger partial charge >= 0.3 is 0 Å². The molecule has 2 heterocycles. The number of carbonyl (C=O) groups excluding carboxylic acids is 1. The van der Waals surface area contributed by atoms with Gasteiger partial charge in [-0.1, -0.05) is 24.3 Å². The van der Waals surface area contributed by atoms with E-state index in [1.807, 2.05) is 67.5 Å². The molecule has 0 atom stereocenters. The van der Waals surface area contributed by atoms with Crippen LogP contribution in [0.5, 0.6) is 0 Å². The molecule has 5 nitrogen and oxygen atoms in total. The van der Waals surface area contributed by atoms with Gasteiger partial charge in [-0.15, -0.1) is 0 Å². The molecular weight excluding hydrogens is 300 g/mol. The third-order valence-electron chi connectivity index (χ3n) is 3.26. The fourth-order valence-corrected chi connectivity index (χ4v) is 2.17. The van der Waals surface area contributed by atoms with Crippen LogP contribution in [0.3, 0.4) is 0 Å². The zero-order chi connectivity index (χ0) is 17.4. The number of nitrogens with zero attached hydrogens (tertiary/aromatic N) is 2. The summed E-state index contributed by atoms with van der Waals surface area (Å²) in [5.41, 5.74) is 14.6. The smallest absolute Gasteiger partial charge is 0.106 e. The number of hydrogen-bond donors (Lipinski definition) is 2.